The van der Waals surface area contributed by atoms with Gasteiger partial charge in [0.25, 0.3) is 5.91 Å². The van der Waals surface area contributed by atoms with E-state index in [-0.39, 0.29) is 29.6 Å². The Balaban J connectivity index is 1.69. The van der Waals surface area contributed by atoms with Crippen LogP contribution in [0.1, 0.15) is 61.3 Å². The molecule has 1 fully saturated rings. The predicted molar refractivity (Wildman–Crippen MR) is 113 cm³/mol. The molecule has 154 valence electrons. The number of hydrogen-bond acceptors (Lipinski definition) is 4. The summed E-state index contributed by atoms with van der Waals surface area (Å²) < 4.78 is 0. The minimum Gasteiger partial charge on any atom is -0.351 e. The molecular weight excluding hydrogens is 388 g/mol. The third-order valence-corrected chi connectivity index (χ3v) is 5.81. The second-order valence-corrected chi connectivity index (χ2v) is 8.57. The van der Waals surface area contributed by atoms with Crippen molar-refractivity contribution < 1.29 is 9.59 Å². The molecule has 0 aliphatic heterocycles. The van der Waals surface area contributed by atoms with E-state index >= 15 is 0 Å². The number of aryl methyl sites for hydroxylation is 1. The summed E-state index contributed by atoms with van der Waals surface area (Å²) in [7, 11) is 0. The molecule has 6 nitrogen and oxygen atoms in total. The molecule has 1 aliphatic carbocycles. The van der Waals surface area contributed by atoms with Gasteiger partial charge in [-0.15, -0.1) is 5.10 Å². The molecule has 1 aromatic heterocycles. The van der Waals surface area contributed by atoms with Gasteiger partial charge in [0.2, 0.25) is 5.91 Å². The van der Waals surface area contributed by atoms with Gasteiger partial charge >= 0.3 is 0 Å². The Morgan fingerprint density at radius 3 is 2.17 bits per heavy atom. The van der Waals surface area contributed by atoms with Gasteiger partial charge in [-0.3, -0.25) is 9.59 Å². The van der Waals surface area contributed by atoms with Crippen molar-refractivity contribution in [2.24, 2.45) is 0 Å². The fraction of sp³-hybridized carbons (Fsp3) is 0.455. The van der Waals surface area contributed by atoms with Gasteiger partial charge in [0.1, 0.15) is 0 Å². The van der Waals surface area contributed by atoms with Crippen LogP contribution in [0.4, 0.5) is 0 Å². The molecule has 2 amide bonds. The lowest BCUT2D eigenvalue weighted by Gasteiger charge is -2.35. The van der Waals surface area contributed by atoms with Crippen molar-refractivity contribution in [2.75, 3.05) is 0 Å². The van der Waals surface area contributed by atoms with E-state index in [0.717, 1.165) is 36.9 Å². The first kappa shape index (κ1) is 21.2. The smallest absolute Gasteiger partial charge is 0.272 e. The SMILES string of the molecule is Cc1ccc(C(=O)N[C@@H]2CCCC[C@H]2NC(=O)C(C)(C)c2ccc(Cl)cc2)nn1. The highest BCUT2D eigenvalue weighted by atomic mass is 35.5. The number of amides is 2. The third-order valence-electron chi connectivity index (χ3n) is 5.56. The Hall–Kier alpha value is -2.47. The summed E-state index contributed by atoms with van der Waals surface area (Å²) in [6, 6.07) is 10.5. The lowest BCUT2D eigenvalue weighted by molar-refractivity contribution is -0.126. The summed E-state index contributed by atoms with van der Waals surface area (Å²) >= 11 is 5.97. The maximum Gasteiger partial charge on any atom is 0.272 e. The van der Waals surface area contributed by atoms with Crippen molar-refractivity contribution in [3.05, 3.63) is 58.4 Å². The minimum atomic E-state index is -0.709. The summed E-state index contributed by atoms with van der Waals surface area (Å²) in [4.78, 5) is 25.6. The van der Waals surface area contributed by atoms with Gasteiger partial charge in [0, 0.05) is 17.1 Å². The zero-order valence-electron chi connectivity index (χ0n) is 17.0. The van der Waals surface area contributed by atoms with Crippen LogP contribution in [0, 0.1) is 6.92 Å². The van der Waals surface area contributed by atoms with Crippen LogP contribution in [0.3, 0.4) is 0 Å². The molecule has 0 bridgehead atoms. The summed E-state index contributed by atoms with van der Waals surface area (Å²) in [5.74, 6) is -0.332. The number of hydrogen-bond donors (Lipinski definition) is 2. The highest BCUT2D eigenvalue weighted by Crippen LogP contribution is 2.27. The summed E-state index contributed by atoms with van der Waals surface area (Å²) in [6.07, 6.45) is 3.67. The summed E-state index contributed by atoms with van der Waals surface area (Å²) in [5.41, 5.74) is 1.23. The molecule has 2 atom stereocenters. The average molecular weight is 415 g/mol. The summed E-state index contributed by atoms with van der Waals surface area (Å²) in [6.45, 7) is 5.61. The first-order chi connectivity index (χ1) is 13.8. The Labute approximate surface area is 176 Å². The van der Waals surface area contributed by atoms with Gasteiger partial charge in [0.05, 0.1) is 11.1 Å². The average Bonchev–Trinajstić information content (AvgIpc) is 2.70. The Morgan fingerprint density at radius 1 is 0.966 bits per heavy atom. The monoisotopic (exact) mass is 414 g/mol. The second kappa shape index (κ2) is 8.91. The van der Waals surface area contributed by atoms with E-state index in [1.807, 2.05) is 32.9 Å². The molecule has 1 heterocycles. The van der Waals surface area contributed by atoms with Gasteiger partial charge in [-0.05, 0) is 63.4 Å². The van der Waals surface area contributed by atoms with Crippen molar-refractivity contribution in [1.29, 1.82) is 0 Å². The molecule has 7 heteroatoms. The Bertz CT molecular complexity index is 865. The van der Waals surface area contributed by atoms with Crippen molar-refractivity contribution in [3.63, 3.8) is 0 Å². The molecular formula is C22H27ClN4O2. The highest BCUT2D eigenvalue weighted by Gasteiger charge is 2.35. The molecule has 1 aromatic carbocycles. The number of nitrogens with zero attached hydrogens (tertiary/aromatic N) is 2. The number of aromatic nitrogens is 2. The molecule has 0 spiro atoms. The molecule has 1 saturated carbocycles. The molecule has 2 aromatic rings. The maximum absolute atomic E-state index is 13.1. The van der Waals surface area contributed by atoms with Gasteiger partial charge in [-0.1, -0.05) is 36.6 Å². The van der Waals surface area contributed by atoms with Gasteiger partial charge in [-0.2, -0.15) is 5.10 Å². The van der Waals surface area contributed by atoms with E-state index in [9.17, 15) is 9.59 Å². The molecule has 0 unspecified atom stereocenters. The summed E-state index contributed by atoms with van der Waals surface area (Å²) in [5, 5.41) is 14.7. The van der Waals surface area contributed by atoms with Crippen LogP contribution in [-0.4, -0.2) is 34.1 Å². The van der Waals surface area contributed by atoms with Crippen LogP contribution in [0.25, 0.3) is 0 Å². The first-order valence-electron chi connectivity index (χ1n) is 9.95. The van der Waals surface area contributed by atoms with Crippen LogP contribution in [-0.2, 0) is 10.2 Å². The minimum absolute atomic E-state index is 0.0684. The van der Waals surface area contributed by atoms with E-state index in [2.05, 4.69) is 20.8 Å². The fourth-order valence-corrected chi connectivity index (χ4v) is 3.71. The van der Waals surface area contributed by atoms with E-state index in [4.69, 9.17) is 11.6 Å². The van der Waals surface area contributed by atoms with E-state index in [1.165, 1.54) is 0 Å². The second-order valence-electron chi connectivity index (χ2n) is 8.14. The molecule has 29 heavy (non-hydrogen) atoms. The predicted octanol–water partition coefficient (Wildman–Crippen LogP) is 3.57. The van der Waals surface area contributed by atoms with Crippen LogP contribution in [0.5, 0.6) is 0 Å². The zero-order chi connectivity index (χ0) is 21.0. The quantitative estimate of drug-likeness (QED) is 0.783. The van der Waals surface area contributed by atoms with Crippen LogP contribution >= 0.6 is 11.6 Å². The first-order valence-corrected chi connectivity index (χ1v) is 10.3. The molecule has 0 radical (unpaired) electrons. The fourth-order valence-electron chi connectivity index (χ4n) is 3.59. The number of nitrogens with one attached hydrogen (secondary N) is 2. The number of halogens is 1. The lowest BCUT2D eigenvalue weighted by Crippen LogP contribution is -2.56. The zero-order valence-corrected chi connectivity index (χ0v) is 17.8. The van der Waals surface area contributed by atoms with E-state index in [1.54, 1.807) is 24.3 Å². The number of carbonyl (C=O) groups excluding carboxylic acids is 2. The number of carbonyl (C=O) groups is 2. The molecule has 3 rings (SSSR count). The third kappa shape index (κ3) is 5.12. The topological polar surface area (TPSA) is 84.0 Å². The Kier molecular flexibility index (Phi) is 6.52. The molecule has 2 N–H and O–H groups in total. The van der Waals surface area contributed by atoms with Crippen LogP contribution in [0.2, 0.25) is 5.02 Å². The van der Waals surface area contributed by atoms with E-state index in [0.29, 0.717) is 5.02 Å². The van der Waals surface area contributed by atoms with E-state index < -0.39 is 5.41 Å². The molecule has 1 aliphatic rings. The van der Waals surface area contributed by atoms with Crippen LogP contribution in [0.15, 0.2) is 36.4 Å². The lowest BCUT2D eigenvalue weighted by atomic mass is 9.82. The van der Waals surface area contributed by atoms with Crippen molar-refractivity contribution in [3.8, 4) is 0 Å². The van der Waals surface area contributed by atoms with Crippen molar-refractivity contribution >= 4 is 23.4 Å². The number of benzene rings is 1. The number of rotatable bonds is 5. The van der Waals surface area contributed by atoms with Gasteiger partial charge in [-0.25, -0.2) is 0 Å². The van der Waals surface area contributed by atoms with Crippen LogP contribution < -0.4 is 10.6 Å². The Morgan fingerprint density at radius 2 is 1.59 bits per heavy atom. The molecule has 0 saturated heterocycles. The van der Waals surface area contributed by atoms with Gasteiger partial charge < -0.3 is 10.6 Å². The standard InChI is InChI=1S/C22H27ClN4O2/c1-14-8-13-19(27-26-14)20(28)24-17-6-4-5-7-18(17)25-21(29)22(2,3)15-9-11-16(23)12-10-15/h8-13,17-18H,4-7H2,1-3H3,(H,24,28)(H,25,29)/t17-,18-/m1/s1. The normalized spacial score (nSPS) is 19.4. The largest absolute Gasteiger partial charge is 0.351 e. The van der Waals surface area contributed by atoms with Crippen molar-refractivity contribution in [2.45, 2.75) is 64.0 Å². The maximum atomic E-state index is 13.1. The van der Waals surface area contributed by atoms with Crippen molar-refractivity contribution in [1.82, 2.24) is 20.8 Å². The highest BCUT2D eigenvalue weighted by molar-refractivity contribution is 6.30. The van der Waals surface area contributed by atoms with Gasteiger partial charge in [0.15, 0.2) is 5.69 Å².